The molecule has 7 heteroatoms. The van der Waals surface area contributed by atoms with Crippen molar-refractivity contribution >= 4 is 11.8 Å². The van der Waals surface area contributed by atoms with Crippen LogP contribution in [-0.4, -0.2) is 31.5 Å². The van der Waals surface area contributed by atoms with Crippen LogP contribution in [0.15, 0.2) is 29.3 Å². The van der Waals surface area contributed by atoms with E-state index in [1.165, 1.54) is 19.2 Å². The van der Waals surface area contributed by atoms with E-state index in [0.29, 0.717) is 25.2 Å². The van der Waals surface area contributed by atoms with Gasteiger partial charge in [-0.2, -0.15) is 13.2 Å². The van der Waals surface area contributed by atoms with E-state index in [2.05, 4.69) is 15.0 Å². The van der Waals surface area contributed by atoms with E-state index in [1.54, 1.807) is 0 Å². The van der Waals surface area contributed by atoms with Crippen molar-refractivity contribution in [1.29, 1.82) is 0 Å². The third-order valence-electron chi connectivity index (χ3n) is 3.22. The predicted molar refractivity (Wildman–Crippen MR) is 71.0 cm³/mol. The van der Waals surface area contributed by atoms with Gasteiger partial charge in [0.05, 0.1) is 25.1 Å². The molecule has 1 unspecified atom stereocenters. The molecule has 1 heterocycles. The van der Waals surface area contributed by atoms with Crippen molar-refractivity contribution in [2.75, 3.05) is 13.7 Å². The average molecular weight is 300 g/mol. The molecule has 1 aliphatic rings. The summed E-state index contributed by atoms with van der Waals surface area (Å²) >= 11 is 0. The largest absolute Gasteiger partial charge is 0.467 e. The number of aliphatic imine (C=N–C) groups is 1. The monoisotopic (exact) mass is 300 g/mol. The highest BCUT2D eigenvalue weighted by molar-refractivity contribution is 5.90. The lowest BCUT2D eigenvalue weighted by Gasteiger charge is -2.10. The molecule has 1 aromatic rings. The van der Waals surface area contributed by atoms with E-state index < -0.39 is 17.8 Å². The van der Waals surface area contributed by atoms with Crippen LogP contribution < -0.4 is 5.32 Å². The van der Waals surface area contributed by atoms with Crippen LogP contribution in [0.2, 0.25) is 0 Å². The van der Waals surface area contributed by atoms with Crippen molar-refractivity contribution in [1.82, 2.24) is 5.32 Å². The predicted octanol–water partition coefficient (Wildman–Crippen LogP) is 2.18. The van der Waals surface area contributed by atoms with Crippen LogP contribution in [0.4, 0.5) is 13.2 Å². The molecular formula is C14H15F3N2O2. The molecule has 0 spiro atoms. The minimum absolute atomic E-state index is 0.328. The minimum Gasteiger partial charge on any atom is -0.467 e. The summed E-state index contributed by atoms with van der Waals surface area (Å²) in [5.74, 6) is 0.300. The van der Waals surface area contributed by atoms with Crippen molar-refractivity contribution < 1.29 is 22.7 Å². The van der Waals surface area contributed by atoms with Crippen molar-refractivity contribution in [2.45, 2.75) is 25.1 Å². The van der Waals surface area contributed by atoms with Gasteiger partial charge in [0.25, 0.3) is 0 Å². The highest BCUT2D eigenvalue weighted by Gasteiger charge is 2.30. The highest BCUT2D eigenvalue weighted by atomic mass is 19.4. The number of nitrogens with zero attached hydrogens (tertiary/aromatic N) is 1. The number of methoxy groups -OCH3 is 1. The number of benzene rings is 1. The van der Waals surface area contributed by atoms with E-state index in [-0.39, 0.29) is 5.97 Å². The number of rotatable bonds is 4. The van der Waals surface area contributed by atoms with Crippen LogP contribution in [0.1, 0.15) is 17.5 Å². The lowest BCUT2D eigenvalue weighted by Crippen LogP contribution is -2.38. The fourth-order valence-corrected chi connectivity index (χ4v) is 2.04. The van der Waals surface area contributed by atoms with Gasteiger partial charge in [-0.1, -0.05) is 12.1 Å². The van der Waals surface area contributed by atoms with Gasteiger partial charge in [-0.15, -0.1) is 0 Å². The van der Waals surface area contributed by atoms with E-state index in [4.69, 9.17) is 0 Å². The smallest absolute Gasteiger partial charge is 0.416 e. The third kappa shape index (κ3) is 3.96. The molecule has 4 nitrogen and oxygen atoms in total. The zero-order valence-electron chi connectivity index (χ0n) is 11.4. The molecule has 0 fully saturated rings. The van der Waals surface area contributed by atoms with Crippen LogP contribution >= 0.6 is 0 Å². The summed E-state index contributed by atoms with van der Waals surface area (Å²) in [6.45, 7) is 0.328. The van der Waals surface area contributed by atoms with Gasteiger partial charge < -0.3 is 10.1 Å². The Morgan fingerprint density at radius 2 is 2.00 bits per heavy atom. The number of carbonyl (C=O) groups excluding carboxylic acids is 1. The van der Waals surface area contributed by atoms with Crippen LogP contribution in [-0.2, 0) is 22.1 Å². The zero-order valence-corrected chi connectivity index (χ0v) is 11.4. The van der Waals surface area contributed by atoms with Crippen molar-refractivity contribution in [3.8, 4) is 0 Å². The van der Waals surface area contributed by atoms with Crippen LogP contribution in [0, 0.1) is 0 Å². The summed E-state index contributed by atoms with van der Waals surface area (Å²) in [5.41, 5.74) is 0.127. The summed E-state index contributed by atoms with van der Waals surface area (Å²) in [6.07, 6.45) is -3.22. The number of halogens is 3. The number of aryl methyl sites for hydroxylation is 1. The van der Waals surface area contributed by atoms with Gasteiger partial charge in [-0.3, -0.25) is 4.99 Å². The minimum atomic E-state index is -4.32. The molecule has 1 aromatic carbocycles. The number of carbonyl (C=O) groups is 1. The first-order chi connectivity index (χ1) is 9.90. The molecule has 0 saturated heterocycles. The highest BCUT2D eigenvalue weighted by Crippen LogP contribution is 2.29. The van der Waals surface area contributed by atoms with E-state index in [9.17, 15) is 18.0 Å². The maximum atomic E-state index is 12.4. The Bertz CT molecular complexity index is 538. The second-order valence-corrected chi connectivity index (χ2v) is 4.70. The molecular weight excluding hydrogens is 285 g/mol. The fraction of sp³-hybridized carbons (Fsp3) is 0.429. The Labute approximate surface area is 120 Å². The summed E-state index contributed by atoms with van der Waals surface area (Å²) in [4.78, 5) is 15.5. The molecule has 0 aromatic heterocycles. The van der Waals surface area contributed by atoms with E-state index in [0.717, 1.165) is 17.7 Å². The fourth-order valence-electron chi connectivity index (χ4n) is 2.04. The number of nitrogens with one attached hydrogen (secondary N) is 1. The molecule has 0 bridgehead atoms. The van der Waals surface area contributed by atoms with Crippen molar-refractivity contribution in [2.24, 2.45) is 4.99 Å². The molecule has 0 radical (unpaired) electrons. The Balaban J connectivity index is 1.86. The molecule has 114 valence electrons. The van der Waals surface area contributed by atoms with E-state index in [1.807, 2.05) is 0 Å². The Morgan fingerprint density at radius 1 is 1.33 bits per heavy atom. The summed E-state index contributed by atoms with van der Waals surface area (Å²) in [5, 5.41) is 2.94. The number of esters is 1. The molecule has 2 rings (SSSR count). The van der Waals surface area contributed by atoms with Gasteiger partial charge in [0.1, 0.15) is 6.04 Å². The molecule has 0 saturated carbocycles. The molecule has 1 N–H and O–H groups in total. The summed E-state index contributed by atoms with van der Waals surface area (Å²) in [6, 6.07) is 4.58. The standard InChI is InChI=1S/C14H15F3N2O2/c1-21-13(20)11-8-18-12(19-11)7-4-9-2-5-10(6-3-9)14(15,16)17/h2-3,5-6,11H,4,7-8H2,1H3,(H,18,19). The normalized spacial score (nSPS) is 18.1. The lowest BCUT2D eigenvalue weighted by molar-refractivity contribution is -0.142. The number of hydrogen-bond acceptors (Lipinski definition) is 4. The van der Waals surface area contributed by atoms with Gasteiger partial charge in [-0.25, -0.2) is 4.79 Å². The van der Waals surface area contributed by atoms with Gasteiger partial charge in [0.15, 0.2) is 0 Å². The number of hydrogen-bond donors (Lipinski definition) is 1. The molecule has 1 aliphatic heterocycles. The second-order valence-electron chi connectivity index (χ2n) is 4.70. The van der Waals surface area contributed by atoms with Crippen LogP contribution in [0.5, 0.6) is 0 Å². The Kier molecular flexibility index (Phi) is 4.50. The topological polar surface area (TPSA) is 50.7 Å². The summed E-state index contributed by atoms with van der Waals surface area (Å²) in [7, 11) is 1.31. The first kappa shape index (κ1) is 15.3. The lowest BCUT2D eigenvalue weighted by atomic mass is 10.1. The van der Waals surface area contributed by atoms with Gasteiger partial charge in [0.2, 0.25) is 0 Å². The first-order valence-electron chi connectivity index (χ1n) is 6.44. The van der Waals surface area contributed by atoms with Gasteiger partial charge >= 0.3 is 12.1 Å². The van der Waals surface area contributed by atoms with Crippen molar-refractivity contribution in [3.05, 3.63) is 35.4 Å². The number of ether oxygens (including phenoxy) is 1. The number of amidine groups is 1. The Hall–Kier alpha value is -2.05. The van der Waals surface area contributed by atoms with Gasteiger partial charge in [0, 0.05) is 6.42 Å². The van der Waals surface area contributed by atoms with Crippen molar-refractivity contribution in [3.63, 3.8) is 0 Å². The third-order valence-corrected chi connectivity index (χ3v) is 3.22. The van der Waals surface area contributed by atoms with E-state index >= 15 is 0 Å². The average Bonchev–Trinajstić information content (AvgIpc) is 2.92. The van der Waals surface area contributed by atoms with Crippen LogP contribution in [0.3, 0.4) is 0 Å². The molecule has 21 heavy (non-hydrogen) atoms. The number of alkyl halides is 3. The SMILES string of the molecule is COC(=O)C1CN=C(CCc2ccc(C(F)(F)F)cc2)N1. The van der Waals surface area contributed by atoms with Gasteiger partial charge in [-0.05, 0) is 24.1 Å². The summed E-state index contributed by atoms with van der Waals surface area (Å²) < 4.78 is 41.9. The zero-order chi connectivity index (χ0) is 15.5. The Morgan fingerprint density at radius 3 is 2.57 bits per heavy atom. The molecule has 1 atom stereocenters. The second kappa shape index (κ2) is 6.15. The molecule has 0 amide bonds. The van der Waals surface area contributed by atoms with Crippen LogP contribution in [0.25, 0.3) is 0 Å². The first-order valence-corrected chi connectivity index (χ1v) is 6.44. The molecule has 0 aliphatic carbocycles. The maximum absolute atomic E-state index is 12.4. The quantitative estimate of drug-likeness (QED) is 0.867. The maximum Gasteiger partial charge on any atom is 0.416 e.